The van der Waals surface area contributed by atoms with Gasteiger partial charge >= 0.3 is 0 Å². The third kappa shape index (κ3) is 3.94. The minimum atomic E-state index is -0.543. The number of aryl methyl sites for hydroxylation is 1. The number of nitrogens with one attached hydrogen (secondary N) is 2. The van der Waals surface area contributed by atoms with Gasteiger partial charge in [-0.15, -0.1) is 0 Å². The lowest BCUT2D eigenvalue weighted by Gasteiger charge is -2.11. The van der Waals surface area contributed by atoms with Gasteiger partial charge in [-0.1, -0.05) is 41.4 Å². The lowest BCUT2D eigenvalue weighted by molar-refractivity contribution is 0.0846. The largest absolute Gasteiger partial charge is 0.494 e. The average Bonchev–Trinajstić information content (AvgIpc) is 2.52. The van der Waals surface area contributed by atoms with E-state index in [2.05, 4.69) is 10.9 Å². The van der Waals surface area contributed by atoms with Crippen LogP contribution in [-0.4, -0.2) is 18.9 Å². The van der Waals surface area contributed by atoms with Crippen LogP contribution in [0.1, 0.15) is 26.3 Å². The highest BCUT2D eigenvalue weighted by molar-refractivity contribution is 6.37. The van der Waals surface area contributed by atoms with Crippen LogP contribution in [0.4, 0.5) is 0 Å². The second kappa shape index (κ2) is 7.35. The van der Waals surface area contributed by atoms with Crippen molar-refractivity contribution in [3.63, 3.8) is 0 Å². The van der Waals surface area contributed by atoms with E-state index in [0.29, 0.717) is 5.56 Å². The number of hydrogen-bond donors (Lipinski definition) is 2. The predicted octanol–water partition coefficient (Wildman–Crippen LogP) is 3.39. The van der Waals surface area contributed by atoms with Crippen molar-refractivity contribution in [3.05, 3.63) is 63.1 Å². The molecule has 0 saturated heterocycles. The zero-order chi connectivity index (χ0) is 17.0. The maximum atomic E-state index is 12.1. The standard InChI is InChI=1S/C16H14Cl2N2O3/c1-9-5-3-4-6-11(9)16(22)20-19-15(21)10-7-12(17)14(23-2)13(18)8-10/h3-8H,1-2H3,(H,19,21)(H,20,22). The minimum absolute atomic E-state index is 0.200. The molecule has 2 rings (SSSR count). The van der Waals surface area contributed by atoms with Crippen LogP contribution in [0.15, 0.2) is 36.4 Å². The molecule has 0 unspecified atom stereocenters. The average molecular weight is 353 g/mol. The molecule has 0 atom stereocenters. The quantitative estimate of drug-likeness (QED) is 0.832. The molecule has 0 bridgehead atoms. The van der Waals surface area contributed by atoms with Crippen LogP contribution in [0.2, 0.25) is 10.0 Å². The Kier molecular flexibility index (Phi) is 5.47. The van der Waals surface area contributed by atoms with E-state index in [9.17, 15) is 9.59 Å². The molecule has 2 aromatic rings. The second-order valence-electron chi connectivity index (χ2n) is 4.70. The van der Waals surface area contributed by atoms with E-state index in [4.69, 9.17) is 27.9 Å². The highest BCUT2D eigenvalue weighted by atomic mass is 35.5. The van der Waals surface area contributed by atoms with Gasteiger partial charge in [0.25, 0.3) is 11.8 Å². The monoisotopic (exact) mass is 352 g/mol. The van der Waals surface area contributed by atoms with Gasteiger partial charge in [0.2, 0.25) is 0 Å². The van der Waals surface area contributed by atoms with Gasteiger partial charge in [0.15, 0.2) is 5.75 Å². The Hall–Kier alpha value is -2.24. The van der Waals surface area contributed by atoms with Gasteiger partial charge in [-0.2, -0.15) is 0 Å². The van der Waals surface area contributed by atoms with Crippen molar-refractivity contribution in [1.82, 2.24) is 10.9 Å². The number of carbonyl (C=O) groups excluding carboxylic acids is 2. The number of hydrazine groups is 1. The van der Waals surface area contributed by atoms with E-state index in [-0.39, 0.29) is 21.4 Å². The molecule has 0 heterocycles. The Balaban J connectivity index is 2.08. The normalized spacial score (nSPS) is 10.1. The Morgan fingerprint density at radius 3 is 2.13 bits per heavy atom. The zero-order valence-electron chi connectivity index (χ0n) is 12.4. The highest BCUT2D eigenvalue weighted by Crippen LogP contribution is 2.33. The maximum absolute atomic E-state index is 12.1. The fourth-order valence-corrected chi connectivity index (χ4v) is 2.61. The maximum Gasteiger partial charge on any atom is 0.269 e. The van der Waals surface area contributed by atoms with Crippen LogP contribution in [0.5, 0.6) is 5.75 Å². The summed E-state index contributed by atoms with van der Waals surface area (Å²) in [4.78, 5) is 24.1. The van der Waals surface area contributed by atoms with E-state index in [1.165, 1.54) is 19.2 Å². The highest BCUT2D eigenvalue weighted by Gasteiger charge is 2.15. The molecule has 23 heavy (non-hydrogen) atoms. The van der Waals surface area contributed by atoms with E-state index in [0.717, 1.165) is 5.56 Å². The first-order chi connectivity index (χ1) is 10.9. The summed E-state index contributed by atoms with van der Waals surface area (Å²) in [6.45, 7) is 1.81. The van der Waals surface area contributed by atoms with Crippen LogP contribution in [0.25, 0.3) is 0 Å². The van der Waals surface area contributed by atoms with Gasteiger partial charge in [-0.3, -0.25) is 20.4 Å². The predicted molar refractivity (Wildman–Crippen MR) is 89.1 cm³/mol. The van der Waals surface area contributed by atoms with Crippen molar-refractivity contribution in [2.75, 3.05) is 7.11 Å². The molecule has 0 spiro atoms. The summed E-state index contributed by atoms with van der Waals surface area (Å²) >= 11 is 12.0. The van der Waals surface area contributed by atoms with Gasteiger partial charge in [-0.25, -0.2) is 0 Å². The third-order valence-electron chi connectivity index (χ3n) is 3.14. The number of halogens is 2. The summed E-state index contributed by atoms with van der Waals surface area (Å²) in [6.07, 6.45) is 0. The summed E-state index contributed by atoms with van der Waals surface area (Å²) in [7, 11) is 1.43. The lowest BCUT2D eigenvalue weighted by Crippen LogP contribution is -2.41. The molecular formula is C16H14Cl2N2O3. The zero-order valence-corrected chi connectivity index (χ0v) is 14.0. The van der Waals surface area contributed by atoms with Gasteiger partial charge in [0, 0.05) is 11.1 Å². The Morgan fingerprint density at radius 1 is 1.00 bits per heavy atom. The molecule has 2 aromatic carbocycles. The Labute approximate surface area is 143 Å². The van der Waals surface area contributed by atoms with Gasteiger partial charge < -0.3 is 4.74 Å². The number of methoxy groups -OCH3 is 1. The minimum Gasteiger partial charge on any atom is -0.494 e. The van der Waals surface area contributed by atoms with Gasteiger partial charge in [-0.05, 0) is 30.7 Å². The second-order valence-corrected chi connectivity index (χ2v) is 5.51. The van der Waals surface area contributed by atoms with E-state index in [1.54, 1.807) is 25.1 Å². The van der Waals surface area contributed by atoms with Crippen LogP contribution in [0.3, 0.4) is 0 Å². The number of rotatable bonds is 3. The summed E-state index contributed by atoms with van der Waals surface area (Å²) < 4.78 is 5.01. The SMILES string of the molecule is COc1c(Cl)cc(C(=O)NNC(=O)c2ccccc2C)cc1Cl. The van der Waals surface area contributed by atoms with Crippen LogP contribution >= 0.6 is 23.2 Å². The topological polar surface area (TPSA) is 67.4 Å². The Bertz CT molecular complexity index is 740. The lowest BCUT2D eigenvalue weighted by atomic mass is 10.1. The van der Waals surface area contributed by atoms with Crippen molar-refractivity contribution in [2.45, 2.75) is 6.92 Å². The van der Waals surface area contributed by atoms with Crippen molar-refractivity contribution in [2.24, 2.45) is 0 Å². The van der Waals surface area contributed by atoms with Gasteiger partial charge in [0.1, 0.15) is 0 Å². The van der Waals surface area contributed by atoms with E-state index in [1.807, 2.05) is 6.07 Å². The van der Waals surface area contributed by atoms with Crippen molar-refractivity contribution >= 4 is 35.0 Å². The fourth-order valence-electron chi connectivity index (χ4n) is 1.97. The molecule has 5 nitrogen and oxygen atoms in total. The smallest absolute Gasteiger partial charge is 0.269 e. The number of hydrogen-bond acceptors (Lipinski definition) is 3. The molecule has 0 fully saturated rings. The van der Waals surface area contributed by atoms with E-state index < -0.39 is 11.8 Å². The molecule has 120 valence electrons. The first-order valence-electron chi connectivity index (χ1n) is 6.63. The molecule has 7 heteroatoms. The van der Waals surface area contributed by atoms with Gasteiger partial charge in [0.05, 0.1) is 17.2 Å². The molecule has 0 radical (unpaired) electrons. The number of amides is 2. The number of carbonyl (C=O) groups is 2. The van der Waals surface area contributed by atoms with Crippen molar-refractivity contribution in [1.29, 1.82) is 0 Å². The molecule has 2 amide bonds. The molecular weight excluding hydrogens is 339 g/mol. The molecule has 0 saturated carbocycles. The van der Waals surface area contributed by atoms with E-state index >= 15 is 0 Å². The van der Waals surface area contributed by atoms with Crippen LogP contribution < -0.4 is 15.6 Å². The number of ether oxygens (including phenoxy) is 1. The summed E-state index contributed by atoms with van der Waals surface area (Å²) in [5.41, 5.74) is 6.14. The Morgan fingerprint density at radius 2 is 1.57 bits per heavy atom. The first kappa shape index (κ1) is 17.1. The third-order valence-corrected chi connectivity index (χ3v) is 3.71. The van der Waals surface area contributed by atoms with Crippen LogP contribution in [0, 0.1) is 6.92 Å². The summed E-state index contributed by atoms with van der Waals surface area (Å²) in [5.74, 6) is -0.672. The molecule has 0 aliphatic rings. The summed E-state index contributed by atoms with van der Waals surface area (Å²) in [5, 5.41) is 0.408. The molecule has 0 aromatic heterocycles. The molecule has 0 aliphatic carbocycles. The van der Waals surface area contributed by atoms with Crippen LogP contribution in [-0.2, 0) is 0 Å². The summed E-state index contributed by atoms with van der Waals surface area (Å²) in [6, 6.07) is 9.85. The first-order valence-corrected chi connectivity index (χ1v) is 7.39. The fraction of sp³-hybridized carbons (Fsp3) is 0.125. The van der Waals surface area contributed by atoms with Crippen molar-refractivity contribution in [3.8, 4) is 5.75 Å². The number of benzene rings is 2. The molecule has 2 N–H and O–H groups in total. The molecule has 0 aliphatic heterocycles. The van der Waals surface area contributed by atoms with Crippen molar-refractivity contribution < 1.29 is 14.3 Å².